The molecular formula is C26H32FN5S. The van der Waals surface area contributed by atoms with Gasteiger partial charge in [-0.3, -0.25) is 0 Å². The highest BCUT2D eigenvalue weighted by molar-refractivity contribution is 7.97. The van der Waals surface area contributed by atoms with E-state index in [4.69, 9.17) is 0 Å². The second kappa shape index (κ2) is 10.3. The summed E-state index contributed by atoms with van der Waals surface area (Å²) in [6.45, 7) is 4.72. The standard InChI is InChI=1S/C26H32FN5S/c1-2-22-10-11-26(20-6-4-3-5-7-20)33-32(22)17-21-8-9-24(16-25(21)27)30-14-12-23(13-15-30)31-18-28-29-19-31/h3-9,16,18-19,22-23,26H,2,10-15,17H2,1H3/t22-,26?/m0/s1. The fourth-order valence-electron chi connectivity index (χ4n) is 5.11. The Labute approximate surface area is 200 Å². The van der Waals surface area contributed by atoms with Crippen LogP contribution in [0.5, 0.6) is 0 Å². The van der Waals surface area contributed by atoms with Gasteiger partial charge in [0.25, 0.3) is 0 Å². The van der Waals surface area contributed by atoms with Crippen LogP contribution in [0.25, 0.3) is 0 Å². The lowest BCUT2D eigenvalue weighted by Gasteiger charge is -2.38. The van der Waals surface area contributed by atoms with Crippen LogP contribution in [-0.4, -0.2) is 38.2 Å². The molecule has 0 spiro atoms. The van der Waals surface area contributed by atoms with E-state index >= 15 is 4.39 Å². The minimum Gasteiger partial charge on any atom is -0.371 e. The zero-order valence-corrected chi connectivity index (χ0v) is 20.0. The number of benzene rings is 2. The van der Waals surface area contributed by atoms with Crippen molar-refractivity contribution in [3.63, 3.8) is 0 Å². The Morgan fingerprint density at radius 2 is 1.73 bits per heavy atom. The molecule has 0 saturated carbocycles. The maximum absolute atomic E-state index is 15.2. The van der Waals surface area contributed by atoms with Gasteiger partial charge in [-0.2, -0.15) is 0 Å². The third kappa shape index (κ3) is 5.09. The summed E-state index contributed by atoms with van der Waals surface area (Å²) in [5.74, 6) is -0.0919. The molecule has 2 atom stereocenters. The first-order valence-corrected chi connectivity index (χ1v) is 12.9. The van der Waals surface area contributed by atoms with Gasteiger partial charge in [-0.25, -0.2) is 8.70 Å². The van der Waals surface area contributed by atoms with Gasteiger partial charge in [-0.05, 0) is 49.8 Å². The largest absolute Gasteiger partial charge is 0.371 e. The van der Waals surface area contributed by atoms with Crippen LogP contribution in [0.1, 0.15) is 61.4 Å². The lowest BCUT2D eigenvalue weighted by molar-refractivity contribution is 0.290. The highest BCUT2D eigenvalue weighted by atomic mass is 32.2. The summed E-state index contributed by atoms with van der Waals surface area (Å²) < 4.78 is 19.7. The number of nitrogens with zero attached hydrogens (tertiary/aromatic N) is 5. The van der Waals surface area contributed by atoms with Crippen molar-refractivity contribution in [2.75, 3.05) is 18.0 Å². The zero-order chi connectivity index (χ0) is 22.6. The average molecular weight is 466 g/mol. The normalized spacial score (nSPS) is 22.5. The van der Waals surface area contributed by atoms with Crippen molar-refractivity contribution in [1.82, 2.24) is 19.1 Å². The van der Waals surface area contributed by atoms with Crippen LogP contribution in [0.3, 0.4) is 0 Å². The fraction of sp³-hybridized carbons (Fsp3) is 0.462. The molecule has 2 fully saturated rings. The predicted octanol–water partition coefficient (Wildman–Crippen LogP) is 6.02. The molecule has 0 amide bonds. The summed E-state index contributed by atoms with van der Waals surface area (Å²) >= 11 is 1.90. The second-order valence-electron chi connectivity index (χ2n) is 9.12. The van der Waals surface area contributed by atoms with Gasteiger partial charge in [-0.15, -0.1) is 10.2 Å². The Hall–Kier alpha value is -2.38. The summed E-state index contributed by atoms with van der Waals surface area (Å²) in [4.78, 5) is 2.30. The molecule has 2 aromatic carbocycles. The maximum Gasteiger partial charge on any atom is 0.129 e. The van der Waals surface area contributed by atoms with Crippen LogP contribution in [0.4, 0.5) is 10.1 Å². The van der Waals surface area contributed by atoms with Crippen molar-refractivity contribution in [2.24, 2.45) is 0 Å². The fourth-order valence-corrected chi connectivity index (χ4v) is 6.60. The van der Waals surface area contributed by atoms with Crippen LogP contribution < -0.4 is 4.90 Å². The van der Waals surface area contributed by atoms with E-state index < -0.39 is 0 Å². The molecule has 1 aromatic heterocycles. The molecule has 1 unspecified atom stereocenters. The van der Waals surface area contributed by atoms with Crippen molar-refractivity contribution >= 4 is 17.6 Å². The minimum atomic E-state index is -0.0919. The van der Waals surface area contributed by atoms with Gasteiger partial charge < -0.3 is 9.47 Å². The first kappa shape index (κ1) is 22.4. The Balaban J connectivity index is 1.24. The number of hydrogen-bond donors (Lipinski definition) is 0. The van der Waals surface area contributed by atoms with Gasteiger partial charge in [0, 0.05) is 48.2 Å². The number of aromatic nitrogens is 3. The van der Waals surface area contributed by atoms with Crippen molar-refractivity contribution in [3.05, 3.63) is 78.1 Å². The Bertz CT molecular complexity index is 1020. The molecule has 2 saturated heterocycles. The second-order valence-corrected chi connectivity index (χ2v) is 10.4. The molecule has 2 aliphatic heterocycles. The quantitative estimate of drug-likeness (QED) is 0.416. The van der Waals surface area contributed by atoms with E-state index in [0.717, 1.165) is 50.0 Å². The molecule has 5 nitrogen and oxygen atoms in total. The first-order valence-electron chi connectivity index (χ1n) is 12.1. The molecule has 0 radical (unpaired) electrons. The van der Waals surface area contributed by atoms with Crippen molar-refractivity contribution in [2.45, 2.75) is 62.9 Å². The van der Waals surface area contributed by atoms with Crippen LogP contribution in [0.15, 0.2) is 61.2 Å². The highest BCUT2D eigenvalue weighted by Gasteiger charge is 2.30. The van der Waals surface area contributed by atoms with Crippen molar-refractivity contribution in [3.8, 4) is 0 Å². The van der Waals surface area contributed by atoms with Gasteiger partial charge in [0.1, 0.15) is 18.5 Å². The Morgan fingerprint density at radius 3 is 2.42 bits per heavy atom. The van der Waals surface area contributed by atoms with Gasteiger partial charge in [-0.1, -0.05) is 55.3 Å². The smallest absolute Gasteiger partial charge is 0.129 e. The van der Waals surface area contributed by atoms with E-state index in [2.05, 4.69) is 67.3 Å². The number of hydrogen-bond acceptors (Lipinski definition) is 5. The number of anilines is 1. The molecule has 5 rings (SSSR count). The van der Waals surface area contributed by atoms with Gasteiger partial charge >= 0.3 is 0 Å². The molecule has 33 heavy (non-hydrogen) atoms. The predicted molar refractivity (Wildman–Crippen MR) is 133 cm³/mol. The summed E-state index contributed by atoms with van der Waals surface area (Å²) in [6.07, 6.45) is 9.05. The van der Waals surface area contributed by atoms with E-state index in [1.165, 1.54) is 12.0 Å². The number of halogens is 1. The van der Waals surface area contributed by atoms with E-state index in [1.54, 1.807) is 18.7 Å². The Morgan fingerprint density at radius 1 is 0.970 bits per heavy atom. The molecule has 3 heterocycles. The third-order valence-corrected chi connectivity index (χ3v) is 8.59. The summed E-state index contributed by atoms with van der Waals surface area (Å²) in [7, 11) is 0. The Kier molecular flexibility index (Phi) is 6.97. The van der Waals surface area contributed by atoms with Crippen LogP contribution in [-0.2, 0) is 6.54 Å². The lowest BCUT2D eigenvalue weighted by Crippen LogP contribution is -2.35. The molecule has 7 heteroatoms. The maximum atomic E-state index is 15.2. The van der Waals surface area contributed by atoms with Crippen LogP contribution >= 0.6 is 11.9 Å². The van der Waals surface area contributed by atoms with Crippen LogP contribution in [0, 0.1) is 5.82 Å². The summed E-state index contributed by atoms with van der Waals surface area (Å²) in [6, 6.07) is 17.5. The molecule has 0 bridgehead atoms. The van der Waals surface area contributed by atoms with E-state index in [0.29, 0.717) is 23.9 Å². The SMILES string of the molecule is CC[C@H]1CCC(c2ccccc2)SN1Cc1ccc(N2CCC(n3cnnc3)CC2)cc1F. The monoisotopic (exact) mass is 465 g/mol. The molecule has 3 aromatic rings. The molecule has 0 N–H and O–H groups in total. The molecule has 0 aliphatic carbocycles. The van der Waals surface area contributed by atoms with Crippen LogP contribution in [0.2, 0.25) is 0 Å². The topological polar surface area (TPSA) is 37.2 Å². The summed E-state index contributed by atoms with van der Waals surface area (Å²) in [5, 5.41) is 8.29. The first-order chi connectivity index (χ1) is 16.2. The highest BCUT2D eigenvalue weighted by Crippen LogP contribution is 2.44. The lowest BCUT2D eigenvalue weighted by atomic mass is 10.0. The van der Waals surface area contributed by atoms with E-state index in [-0.39, 0.29) is 5.82 Å². The zero-order valence-electron chi connectivity index (χ0n) is 19.2. The number of rotatable bonds is 6. The van der Waals surface area contributed by atoms with Crippen molar-refractivity contribution < 1.29 is 4.39 Å². The van der Waals surface area contributed by atoms with Crippen molar-refractivity contribution in [1.29, 1.82) is 0 Å². The number of piperidine rings is 1. The molecular weight excluding hydrogens is 433 g/mol. The molecule has 174 valence electrons. The average Bonchev–Trinajstić information content (AvgIpc) is 3.41. The van der Waals surface area contributed by atoms with Gasteiger partial charge in [0.05, 0.1) is 0 Å². The van der Waals surface area contributed by atoms with E-state index in [1.807, 2.05) is 18.0 Å². The van der Waals surface area contributed by atoms with Gasteiger partial charge in [0.2, 0.25) is 0 Å². The third-order valence-electron chi connectivity index (χ3n) is 7.13. The summed E-state index contributed by atoms with van der Waals surface area (Å²) in [5.41, 5.74) is 3.14. The van der Waals surface area contributed by atoms with E-state index in [9.17, 15) is 0 Å². The minimum absolute atomic E-state index is 0.0919. The van der Waals surface area contributed by atoms with Gasteiger partial charge in [0.15, 0.2) is 0 Å². The molecule has 2 aliphatic rings.